The van der Waals surface area contributed by atoms with Gasteiger partial charge in [0.25, 0.3) is 0 Å². The van der Waals surface area contributed by atoms with Crippen molar-refractivity contribution in [3.63, 3.8) is 0 Å². The Kier molecular flexibility index (Phi) is 1.79. The second-order valence-corrected chi connectivity index (χ2v) is 4.64. The maximum atomic E-state index is 4.26. The van der Waals surface area contributed by atoms with Gasteiger partial charge in [-0.25, -0.2) is 0 Å². The lowest BCUT2D eigenvalue weighted by Gasteiger charge is -2.21. The third-order valence-electron chi connectivity index (χ3n) is 2.56. The maximum Gasteiger partial charge on any atom is 0.0563 e. The topological polar surface area (TPSA) is 24.9 Å². The molecular formula is C11H16N2. The van der Waals surface area contributed by atoms with Gasteiger partial charge in [-0.1, -0.05) is 20.8 Å². The molecule has 0 amide bonds. The molecular weight excluding hydrogens is 160 g/mol. The zero-order chi connectivity index (χ0) is 9.47. The molecule has 1 aliphatic rings. The molecule has 0 spiro atoms. The van der Waals surface area contributed by atoms with Gasteiger partial charge in [0.2, 0.25) is 0 Å². The predicted octanol–water partition coefficient (Wildman–Crippen LogP) is 2.35. The van der Waals surface area contributed by atoms with Crippen molar-refractivity contribution in [1.82, 2.24) is 4.98 Å². The van der Waals surface area contributed by atoms with E-state index in [2.05, 4.69) is 31.1 Å². The fourth-order valence-electron chi connectivity index (χ4n) is 1.88. The van der Waals surface area contributed by atoms with Crippen molar-refractivity contribution < 1.29 is 0 Å². The first-order chi connectivity index (χ1) is 6.09. The van der Waals surface area contributed by atoms with Gasteiger partial charge in [0, 0.05) is 12.7 Å². The Morgan fingerprint density at radius 2 is 2.08 bits per heavy atom. The number of rotatable bonds is 0. The molecule has 0 saturated heterocycles. The standard InChI is InChI=1S/C11H16N2/c1-11(2,3)9-6-12-7-10-8(9)4-5-13-10/h6-7,13H,4-5H2,1-3H3. The van der Waals surface area contributed by atoms with Crippen LogP contribution in [0.1, 0.15) is 31.9 Å². The first kappa shape index (κ1) is 8.54. The van der Waals surface area contributed by atoms with E-state index in [0.717, 1.165) is 13.0 Å². The fraction of sp³-hybridized carbons (Fsp3) is 0.545. The van der Waals surface area contributed by atoms with E-state index in [9.17, 15) is 0 Å². The van der Waals surface area contributed by atoms with Gasteiger partial charge in [0.05, 0.1) is 11.9 Å². The highest BCUT2D eigenvalue weighted by Crippen LogP contribution is 2.32. The molecule has 1 aromatic rings. The number of pyridine rings is 1. The lowest BCUT2D eigenvalue weighted by atomic mass is 9.84. The molecule has 0 bridgehead atoms. The number of nitrogens with zero attached hydrogens (tertiary/aromatic N) is 1. The summed E-state index contributed by atoms with van der Waals surface area (Å²) >= 11 is 0. The molecule has 0 saturated carbocycles. The third-order valence-corrected chi connectivity index (χ3v) is 2.56. The summed E-state index contributed by atoms with van der Waals surface area (Å²) in [5.41, 5.74) is 4.29. The molecule has 0 aliphatic carbocycles. The van der Waals surface area contributed by atoms with Gasteiger partial charge in [0.15, 0.2) is 0 Å². The summed E-state index contributed by atoms with van der Waals surface area (Å²) < 4.78 is 0. The van der Waals surface area contributed by atoms with Crippen molar-refractivity contribution in [2.75, 3.05) is 11.9 Å². The van der Waals surface area contributed by atoms with Gasteiger partial charge in [-0.3, -0.25) is 4.98 Å². The Hall–Kier alpha value is -1.05. The minimum absolute atomic E-state index is 0.213. The summed E-state index contributed by atoms with van der Waals surface area (Å²) in [7, 11) is 0. The summed E-state index contributed by atoms with van der Waals surface area (Å²) in [6.45, 7) is 7.78. The van der Waals surface area contributed by atoms with E-state index in [1.165, 1.54) is 16.8 Å². The maximum absolute atomic E-state index is 4.26. The highest BCUT2D eigenvalue weighted by molar-refractivity contribution is 5.57. The molecule has 0 unspecified atom stereocenters. The molecule has 13 heavy (non-hydrogen) atoms. The lowest BCUT2D eigenvalue weighted by molar-refractivity contribution is 0.582. The Balaban J connectivity index is 2.54. The zero-order valence-corrected chi connectivity index (χ0v) is 8.52. The van der Waals surface area contributed by atoms with Crippen LogP contribution in [0.4, 0.5) is 5.69 Å². The van der Waals surface area contributed by atoms with Gasteiger partial charge in [-0.15, -0.1) is 0 Å². The molecule has 0 aromatic carbocycles. The minimum atomic E-state index is 0.213. The van der Waals surface area contributed by atoms with Crippen LogP contribution in [-0.4, -0.2) is 11.5 Å². The summed E-state index contributed by atoms with van der Waals surface area (Å²) in [5.74, 6) is 0. The van der Waals surface area contributed by atoms with Gasteiger partial charge in [-0.05, 0) is 23.0 Å². The second kappa shape index (κ2) is 2.72. The number of aromatic nitrogens is 1. The Morgan fingerprint density at radius 1 is 1.31 bits per heavy atom. The van der Waals surface area contributed by atoms with Crippen LogP contribution in [0.15, 0.2) is 12.4 Å². The monoisotopic (exact) mass is 176 g/mol. The minimum Gasteiger partial charge on any atom is -0.383 e. The highest BCUT2D eigenvalue weighted by atomic mass is 14.9. The van der Waals surface area contributed by atoms with Gasteiger partial charge in [-0.2, -0.15) is 0 Å². The molecule has 0 radical (unpaired) electrons. The quantitative estimate of drug-likeness (QED) is 0.656. The first-order valence-electron chi connectivity index (χ1n) is 4.80. The zero-order valence-electron chi connectivity index (χ0n) is 8.52. The number of fused-ring (bicyclic) bond motifs is 1. The van der Waals surface area contributed by atoms with Crippen LogP contribution in [-0.2, 0) is 11.8 Å². The summed E-state index contributed by atoms with van der Waals surface area (Å²) in [5, 5.41) is 3.35. The van der Waals surface area contributed by atoms with E-state index in [-0.39, 0.29) is 5.41 Å². The summed E-state index contributed by atoms with van der Waals surface area (Å²) in [6.07, 6.45) is 5.08. The summed E-state index contributed by atoms with van der Waals surface area (Å²) in [4.78, 5) is 4.26. The smallest absolute Gasteiger partial charge is 0.0563 e. The van der Waals surface area contributed by atoms with E-state index < -0.39 is 0 Å². The molecule has 1 aromatic heterocycles. The predicted molar refractivity (Wildman–Crippen MR) is 55.1 cm³/mol. The number of nitrogens with one attached hydrogen (secondary N) is 1. The van der Waals surface area contributed by atoms with Crippen molar-refractivity contribution in [2.45, 2.75) is 32.6 Å². The van der Waals surface area contributed by atoms with E-state index in [1.54, 1.807) is 0 Å². The first-order valence-corrected chi connectivity index (χ1v) is 4.80. The number of hydrogen-bond donors (Lipinski definition) is 1. The van der Waals surface area contributed by atoms with Crippen molar-refractivity contribution in [2.24, 2.45) is 0 Å². The van der Waals surface area contributed by atoms with Crippen LogP contribution >= 0.6 is 0 Å². The molecule has 0 fully saturated rings. The van der Waals surface area contributed by atoms with E-state index in [0.29, 0.717) is 0 Å². The molecule has 70 valence electrons. The van der Waals surface area contributed by atoms with Crippen molar-refractivity contribution in [3.8, 4) is 0 Å². The van der Waals surface area contributed by atoms with Crippen LogP contribution in [0, 0.1) is 0 Å². The van der Waals surface area contributed by atoms with Crippen LogP contribution in [0.5, 0.6) is 0 Å². The molecule has 2 heteroatoms. The Morgan fingerprint density at radius 3 is 2.77 bits per heavy atom. The highest BCUT2D eigenvalue weighted by Gasteiger charge is 2.22. The van der Waals surface area contributed by atoms with Crippen molar-refractivity contribution >= 4 is 5.69 Å². The van der Waals surface area contributed by atoms with Gasteiger partial charge >= 0.3 is 0 Å². The van der Waals surface area contributed by atoms with Gasteiger partial charge < -0.3 is 5.32 Å². The molecule has 1 aliphatic heterocycles. The lowest BCUT2D eigenvalue weighted by Crippen LogP contribution is -2.14. The normalized spacial score (nSPS) is 15.3. The SMILES string of the molecule is CC(C)(C)c1cncc2c1CCN2. The fourth-order valence-corrected chi connectivity index (χ4v) is 1.88. The number of anilines is 1. The average molecular weight is 176 g/mol. The van der Waals surface area contributed by atoms with Gasteiger partial charge in [0.1, 0.15) is 0 Å². The Labute approximate surface area is 79.4 Å². The second-order valence-electron chi connectivity index (χ2n) is 4.64. The van der Waals surface area contributed by atoms with Crippen LogP contribution in [0.3, 0.4) is 0 Å². The van der Waals surface area contributed by atoms with E-state index in [4.69, 9.17) is 0 Å². The van der Waals surface area contributed by atoms with E-state index >= 15 is 0 Å². The molecule has 2 heterocycles. The molecule has 2 rings (SSSR count). The Bertz CT molecular complexity index is 323. The van der Waals surface area contributed by atoms with Crippen LogP contribution < -0.4 is 5.32 Å². The van der Waals surface area contributed by atoms with Crippen LogP contribution in [0.25, 0.3) is 0 Å². The third kappa shape index (κ3) is 1.41. The van der Waals surface area contributed by atoms with E-state index in [1.807, 2.05) is 12.4 Å². The molecule has 2 nitrogen and oxygen atoms in total. The average Bonchev–Trinajstić information content (AvgIpc) is 2.48. The van der Waals surface area contributed by atoms with Crippen molar-refractivity contribution in [3.05, 3.63) is 23.5 Å². The largest absolute Gasteiger partial charge is 0.383 e. The molecule has 1 N–H and O–H groups in total. The molecule has 0 atom stereocenters. The number of hydrogen-bond acceptors (Lipinski definition) is 2. The van der Waals surface area contributed by atoms with Crippen LogP contribution in [0.2, 0.25) is 0 Å². The summed E-state index contributed by atoms with van der Waals surface area (Å²) in [6, 6.07) is 0. The van der Waals surface area contributed by atoms with Crippen molar-refractivity contribution in [1.29, 1.82) is 0 Å².